The van der Waals surface area contributed by atoms with Gasteiger partial charge in [-0.15, -0.1) is 10.2 Å². The highest BCUT2D eigenvalue weighted by Gasteiger charge is 2.16. The van der Waals surface area contributed by atoms with Gasteiger partial charge in [0.15, 0.2) is 5.16 Å². The minimum absolute atomic E-state index is 0.116. The molecule has 0 aliphatic carbocycles. The Morgan fingerprint density at radius 2 is 2.04 bits per heavy atom. The van der Waals surface area contributed by atoms with Crippen LogP contribution in [0.1, 0.15) is 18.0 Å². The molecule has 4 rings (SSSR count). The number of aromatic amines is 1. The van der Waals surface area contributed by atoms with Crippen molar-refractivity contribution in [2.45, 2.75) is 17.3 Å². The fraction of sp³-hybridized carbons (Fsp3) is 0.111. The molecule has 1 atom stereocenters. The van der Waals surface area contributed by atoms with Gasteiger partial charge in [-0.05, 0) is 37.3 Å². The van der Waals surface area contributed by atoms with E-state index in [1.807, 2.05) is 54.0 Å². The fourth-order valence-corrected chi connectivity index (χ4v) is 3.70. The van der Waals surface area contributed by atoms with E-state index in [2.05, 4.69) is 20.2 Å². The first-order chi connectivity index (χ1) is 12.6. The van der Waals surface area contributed by atoms with Gasteiger partial charge in [-0.3, -0.25) is 9.36 Å². The molecule has 0 aliphatic heterocycles. The third-order valence-corrected chi connectivity index (χ3v) is 5.20. The molecule has 0 unspecified atom stereocenters. The summed E-state index contributed by atoms with van der Waals surface area (Å²) in [5.74, 6) is 0.597. The lowest BCUT2D eigenvalue weighted by Gasteiger charge is -2.12. The highest BCUT2D eigenvalue weighted by atomic mass is 35.5. The maximum Gasteiger partial charge on any atom is 0.258 e. The number of halogens is 1. The molecule has 26 heavy (non-hydrogen) atoms. The Morgan fingerprint density at radius 3 is 2.88 bits per heavy atom. The Hall–Kier alpha value is -2.64. The second-order valence-electron chi connectivity index (χ2n) is 5.69. The van der Waals surface area contributed by atoms with E-state index in [9.17, 15) is 4.79 Å². The van der Waals surface area contributed by atoms with Crippen molar-refractivity contribution in [1.82, 2.24) is 24.7 Å². The Bertz CT molecular complexity index is 1140. The van der Waals surface area contributed by atoms with Crippen LogP contribution in [0, 0.1) is 0 Å². The summed E-state index contributed by atoms with van der Waals surface area (Å²) in [6, 6.07) is 14.7. The molecule has 8 heteroatoms. The first kappa shape index (κ1) is 16.8. The zero-order valence-electron chi connectivity index (χ0n) is 13.8. The molecule has 1 N–H and O–H groups in total. The average Bonchev–Trinajstić information content (AvgIpc) is 3.10. The van der Waals surface area contributed by atoms with Crippen LogP contribution in [0.25, 0.3) is 16.6 Å². The smallest absolute Gasteiger partial charge is 0.258 e. The van der Waals surface area contributed by atoms with Gasteiger partial charge < -0.3 is 4.98 Å². The van der Waals surface area contributed by atoms with Crippen molar-refractivity contribution in [2.24, 2.45) is 0 Å². The van der Waals surface area contributed by atoms with E-state index >= 15 is 0 Å². The van der Waals surface area contributed by atoms with Gasteiger partial charge in [0.25, 0.3) is 5.56 Å². The molecule has 0 spiro atoms. The molecule has 0 fully saturated rings. The molecular weight excluding hydrogens is 370 g/mol. The first-order valence-corrected chi connectivity index (χ1v) is 9.19. The summed E-state index contributed by atoms with van der Waals surface area (Å²) in [5.41, 5.74) is 1.40. The van der Waals surface area contributed by atoms with Crippen molar-refractivity contribution >= 4 is 34.3 Å². The summed E-state index contributed by atoms with van der Waals surface area (Å²) >= 11 is 7.54. The van der Waals surface area contributed by atoms with Crippen LogP contribution in [0.2, 0.25) is 5.02 Å². The standard InChI is InChI=1S/C18H14ClN5OS/c1-11(16-21-15-8-3-2-7-14(15)17(25)22-16)26-18-23-20-10-24(18)13-6-4-5-12(19)9-13/h2-11H,1H3,(H,21,22,25)/t11-/m0/s1. The van der Waals surface area contributed by atoms with Crippen LogP contribution >= 0.6 is 23.4 Å². The predicted molar refractivity (Wildman–Crippen MR) is 103 cm³/mol. The number of rotatable bonds is 4. The predicted octanol–water partition coefficient (Wildman–Crippen LogP) is 4.01. The van der Waals surface area contributed by atoms with Crippen LogP contribution in [-0.2, 0) is 0 Å². The van der Waals surface area contributed by atoms with E-state index in [1.165, 1.54) is 11.8 Å². The van der Waals surface area contributed by atoms with Gasteiger partial charge in [0.2, 0.25) is 0 Å². The second-order valence-corrected chi connectivity index (χ2v) is 7.44. The molecule has 2 aromatic heterocycles. The molecule has 0 bridgehead atoms. The summed E-state index contributed by atoms with van der Waals surface area (Å²) in [5, 5.41) is 9.98. The van der Waals surface area contributed by atoms with E-state index in [1.54, 1.807) is 12.4 Å². The highest BCUT2D eigenvalue weighted by molar-refractivity contribution is 7.99. The maximum atomic E-state index is 12.3. The zero-order chi connectivity index (χ0) is 18.1. The van der Waals surface area contributed by atoms with Gasteiger partial charge in [0.1, 0.15) is 12.2 Å². The van der Waals surface area contributed by atoms with E-state index in [-0.39, 0.29) is 10.8 Å². The highest BCUT2D eigenvalue weighted by Crippen LogP contribution is 2.33. The minimum Gasteiger partial charge on any atom is -0.309 e. The number of thioether (sulfide) groups is 1. The molecule has 2 heterocycles. The van der Waals surface area contributed by atoms with Gasteiger partial charge in [-0.1, -0.05) is 41.6 Å². The molecular formula is C18H14ClN5OS. The zero-order valence-corrected chi connectivity index (χ0v) is 15.3. The Balaban J connectivity index is 1.67. The lowest BCUT2D eigenvalue weighted by Crippen LogP contribution is -2.13. The summed E-state index contributed by atoms with van der Waals surface area (Å²) < 4.78 is 1.85. The van der Waals surface area contributed by atoms with E-state index < -0.39 is 0 Å². The minimum atomic E-state index is -0.144. The molecule has 4 aromatic rings. The van der Waals surface area contributed by atoms with Crippen molar-refractivity contribution in [3.8, 4) is 5.69 Å². The van der Waals surface area contributed by atoms with E-state index in [0.29, 0.717) is 26.9 Å². The van der Waals surface area contributed by atoms with Gasteiger partial charge >= 0.3 is 0 Å². The van der Waals surface area contributed by atoms with Gasteiger partial charge in [0, 0.05) is 5.02 Å². The number of fused-ring (bicyclic) bond motifs is 1. The first-order valence-electron chi connectivity index (χ1n) is 7.93. The molecule has 2 aromatic carbocycles. The summed E-state index contributed by atoms with van der Waals surface area (Å²) in [6.07, 6.45) is 1.64. The molecule has 130 valence electrons. The Kier molecular flexibility index (Phi) is 4.48. The number of aromatic nitrogens is 5. The SMILES string of the molecule is C[C@H](Sc1nncn1-c1cccc(Cl)c1)c1nc2ccccc2c(=O)[nH]1. The van der Waals surface area contributed by atoms with Gasteiger partial charge in [-0.25, -0.2) is 4.98 Å². The van der Waals surface area contributed by atoms with Crippen molar-refractivity contribution < 1.29 is 0 Å². The van der Waals surface area contributed by atoms with Crippen LogP contribution < -0.4 is 5.56 Å². The Morgan fingerprint density at radius 1 is 1.19 bits per heavy atom. The number of benzene rings is 2. The third-order valence-electron chi connectivity index (χ3n) is 3.90. The van der Waals surface area contributed by atoms with Crippen molar-refractivity contribution in [3.63, 3.8) is 0 Å². The molecule has 0 amide bonds. The van der Waals surface area contributed by atoms with Gasteiger partial charge in [-0.2, -0.15) is 0 Å². The third kappa shape index (κ3) is 3.23. The van der Waals surface area contributed by atoms with Crippen molar-refractivity contribution in [1.29, 1.82) is 0 Å². The molecule has 0 saturated heterocycles. The Labute approximate surface area is 158 Å². The number of nitrogens with one attached hydrogen (secondary N) is 1. The summed E-state index contributed by atoms with van der Waals surface area (Å²) in [4.78, 5) is 19.7. The largest absolute Gasteiger partial charge is 0.309 e. The summed E-state index contributed by atoms with van der Waals surface area (Å²) in [7, 11) is 0. The van der Waals surface area contributed by atoms with Crippen LogP contribution in [0.15, 0.2) is 64.8 Å². The van der Waals surface area contributed by atoms with E-state index in [0.717, 1.165) is 5.69 Å². The van der Waals surface area contributed by atoms with Crippen LogP contribution in [-0.4, -0.2) is 24.7 Å². The van der Waals surface area contributed by atoms with Crippen molar-refractivity contribution in [2.75, 3.05) is 0 Å². The normalized spacial score (nSPS) is 12.4. The number of hydrogen-bond acceptors (Lipinski definition) is 5. The lowest BCUT2D eigenvalue weighted by molar-refractivity contribution is 0.861. The van der Waals surface area contributed by atoms with Crippen molar-refractivity contribution in [3.05, 3.63) is 76.1 Å². The quantitative estimate of drug-likeness (QED) is 0.539. The monoisotopic (exact) mass is 383 g/mol. The topological polar surface area (TPSA) is 76.5 Å². The average molecular weight is 384 g/mol. The molecule has 0 aliphatic rings. The van der Waals surface area contributed by atoms with Crippen LogP contribution in [0.3, 0.4) is 0 Å². The van der Waals surface area contributed by atoms with Crippen LogP contribution in [0.4, 0.5) is 0 Å². The van der Waals surface area contributed by atoms with Gasteiger partial charge in [0.05, 0.1) is 21.8 Å². The molecule has 0 radical (unpaired) electrons. The molecule has 6 nitrogen and oxygen atoms in total. The summed E-state index contributed by atoms with van der Waals surface area (Å²) in [6.45, 7) is 1.97. The number of nitrogens with zero attached hydrogens (tertiary/aromatic N) is 4. The fourth-order valence-electron chi connectivity index (χ4n) is 2.62. The second kappa shape index (κ2) is 6.93. The van der Waals surface area contributed by atoms with Crippen LogP contribution in [0.5, 0.6) is 0 Å². The van der Waals surface area contributed by atoms with E-state index in [4.69, 9.17) is 11.6 Å². The maximum absolute atomic E-state index is 12.3. The number of hydrogen-bond donors (Lipinski definition) is 1. The number of H-pyrrole nitrogens is 1. The number of para-hydroxylation sites is 1. The molecule has 0 saturated carbocycles. The lowest BCUT2D eigenvalue weighted by atomic mass is 10.2.